The molecular weight excluding hydrogens is 196 g/mol. The molecule has 0 aromatic heterocycles. The van der Waals surface area contributed by atoms with Gasteiger partial charge in [-0.2, -0.15) is 5.26 Å². The zero-order chi connectivity index (χ0) is 11.5. The second-order valence-corrected chi connectivity index (χ2v) is 3.99. The maximum atomic E-state index is 13.6. The minimum absolute atomic E-state index is 0.0183. The normalized spacial score (nSPS) is 11.5. The Hall–Kier alpha value is -1.43. The summed E-state index contributed by atoms with van der Waals surface area (Å²) in [5.74, 6) is -2.86. The molecule has 0 radical (unpaired) electrons. The van der Waals surface area contributed by atoms with Gasteiger partial charge in [0.1, 0.15) is 0 Å². The highest BCUT2D eigenvalue weighted by atomic mass is 19.3. The molecule has 0 spiro atoms. The molecule has 0 aliphatic rings. The fourth-order valence-corrected chi connectivity index (χ4v) is 1.42. The molecule has 0 atom stereocenters. The number of alkyl halides is 2. The van der Waals surface area contributed by atoms with Crippen LogP contribution < -0.4 is 0 Å². The zero-order valence-corrected chi connectivity index (χ0v) is 8.80. The standard InChI is InChI=1S/C12H13F2N/c1-9(2)7-12(13,14)11-5-3-10(8-15)4-6-11/h3-6,9H,7H2,1-2H3. The minimum Gasteiger partial charge on any atom is -0.201 e. The van der Waals surface area contributed by atoms with Gasteiger partial charge < -0.3 is 0 Å². The van der Waals surface area contributed by atoms with Crippen molar-refractivity contribution < 1.29 is 8.78 Å². The number of rotatable bonds is 3. The lowest BCUT2D eigenvalue weighted by Gasteiger charge is -2.18. The van der Waals surface area contributed by atoms with Crippen LogP contribution in [0.25, 0.3) is 0 Å². The van der Waals surface area contributed by atoms with Crippen LogP contribution in [0.3, 0.4) is 0 Å². The lowest BCUT2D eigenvalue weighted by atomic mass is 9.98. The molecule has 1 aromatic carbocycles. The molecule has 0 amide bonds. The number of nitriles is 1. The zero-order valence-electron chi connectivity index (χ0n) is 8.80. The Morgan fingerprint density at radius 1 is 1.27 bits per heavy atom. The molecule has 0 saturated heterocycles. The van der Waals surface area contributed by atoms with Crippen molar-refractivity contribution in [3.8, 4) is 6.07 Å². The van der Waals surface area contributed by atoms with Crippen LogP contribution in [0.1, 0.15) is 31.4 Å². The summed E-state index contributed by atoms with van der Waals surface area (Å²) >= 11 is 0. The van der Waals surface area contributed by atoms with E-state index >= 15 is 0 Å². The maximum Gasteiger partial charge on any atom is 0.273 e. The molecule has 0 fully saturated rings. The van der Waals surface area contributed by atoms with E-state index in [1.165, 1.54) is 24.3 Å². The average molecular weight is 209 g/mol. The first kappa shape index (κ1) is 11.6. The fourth-order valence-electron chi connectivity index (χ4n) is 1.42. The molecule has 0 bridgehead atoms. The van der Waals surface area contributed by atoms with Gasteiger partial charge in [0, 0.05) is 12.0 Å². The summed E-state index contributed by atoms with van der Waals surface area (Å²) in [6, 6.07) is 7.38. The Morgan fingerprint density at radius 3 is 2.20 bits per heavy atom. The Labute approximate surface area is 88.3 Å². The molecule has 1 rings (SSSR count). The number of hydrogen-bond donors (Lipinski definition) is 0. The average Bonchev–Trinajstić information content (AvgIpc) is 2.16. The van der Waals surface area contributed by atoms with Gasteiger partial charge in [0.25, 0.3) is 5.92 Å². The van der Waals surface area contributed by atoms with E-state index in [0.29, 0.717) is 5.56 Å². The van der Waals surface area contributed by atoms with E-state index in [0.717, 1.165) is 0 Å². The molecule has 15 heavy (non-hydrogen) atoms. The predicted octanol–water partition coefficient (Wildman–Crippen LogP) is 3.70. The summed E-state index contributed by atoms with van der Waals surface area (Å²) in [6.07, 6.45) is -0.168. The van der Waals surface area contributed by atoms with E-state index in [1.54, 1.807) is 13.8 Å². The van der Waals surface area contributed by atoms with Crippen molar-refractivity contribution in [2.45, 2.75) is 26.2 Å². The number of halogens is 2. The topological polar surface area (TPSA) is 23.8 Å². The molecule has 1 aromatic rings. The van der Waals surface area contributed by atoms with E-state index < -0.39 is 5.92 Å². The number of hydrogen-bond acceptors (Lipinski definition) is 1. The predicted molar refractivity (Wildman–Crippen MR) is 54.5 cm³/mol. The second kappa shape index (κ2) is 4.39. The van der Waals surface area contributed by atoms with Crippen LogP contribution in [0.5, 0.6) is 0 Å². The van der Waals surface area contributed by atoms with Gasteiger partial charge in [0.2, 0.25) is 0 Å². The van der Waals surface area contributed by atoms with Crippen LogP contribution in [0.15, 0.2) is 24.3 Å². The number of benzene rings is 1. The summed E-state index contributed by atoms with van der Waals surface area (Å²) < 4.78 is 27.1. The van der Waals surface area contributed by atoms with E-state index in [1.807, 2.05) is 6.07 Å². The van der Waals surface area contributed by atoms with Crippen LogP contribution >= 0.6 is 0 Å². The summed E-state index contributed by atoms with van der Waals surface area (Å²) in [5.41, 5.74) is 0.384. The van der Waals surface area contributed by atoms with E-state index in [-0.39, 0.29) is 17.9 Å². The van der Waals surface area contributed by atoms with Crippen LogP contribution in [0.4, 0.5) is 8.78 Å². The van der Waals surface area contributed by atoms with Crippen molar-refractivity contribution in [1.82, 2.24) is 0 Å². The van der Waals surface area contributed by atoms with Crippen LogP contribution in [0, 0.1) is 17.2 Å². The van der Waals surface area contributed by atoms with Gasteiger partial charge >= 0.3 is 0 Å². The van der Waals surface area contributed by atoms with E-state index in [9.17, 15) is 8.78 Å². The van der Waals surface area contributed by atoms with Crippen LogP contribution in [-0.2, 0) is 5.92 Å². The molecule has 0 aliphatic heterocycles. The first-order valence-corrected chi connectivity index (χ1v) is 4.84. The monoisotopic (exact) mass is 209 g/mol. The van der Waals surface area contributed by atoms with Gasteiger partial charge in [0.05, 0.1) is 11.6 Å². The lowest BCUT2D eigenvalue weighted by Crippen LogP contribution is -2.16. The Kier molecular flexibility index (Phi) is 3.41. The molecule has 0 aliphatic carbocycles. The fraction of sp³-hybridized carbons (Fsp3) is 0.417. The molecule has 0 heterocycles. The largest absolute Gasteiger partial charge is 0.273 e. The molecule has 80 valence electrons. The van der Waals surface area contributed by atoms with Gasteiger partial charge in [-0.3, -0.25) is 0 Å². The highest BCUT2D eigenvalue weighted by Crippen LogP contribution is 2.34. The number of nitrogens with zero attached hydrogens (tertiary/aromatic N) is 1. The second-order valence-electron chi connectivity index (χ2n) is 3.99. The van der Waals surface area contributed by atoms with Crippen molar-refractivity contribution in [3.63, 3.8) is 0 Å². The first-order chi connectivity index (χ1) is 6.95. The maximum absolute atomic E-state index is 13.6. The Bertz CT molecular complexity index is 360. The lowest BCUT2D eigenvalue weighted by molar-refractivity contribution is -0.0249. The molecule has 0 N–H and O–H groups in total. The first-order valence-electron chi connectivity index (χ1n) is 4.84. The van der Waals surface area contributed by atoms with Crippen molar-refractivity contribution in [2.24, 2.45) is 5.92 Å². The highest BCUT2D eigenvalue weighted by molar-refractivity contribution is 5.33. The third kappa shape index (κ3) is 3.02. The molecule has 0 saturated carbocycles. The molecule has 0 unspecified atom stereocenters. The molecule has 3 heteroatoms. The van der Waals surface area contributed by atoms with Gasteiger partial charge in [-0.1, -0.05) is 26.0 Å². The molecular formula is C12H13F2N. The van der Waals surface area contributed by atoms with Crippen molar-refractivity contribution in [2.75, 3.05) is 0 Å². The Balaban J connectivity index is 2.91. The van der Waals surface area contributed by atoms with E-state index in [2.05, 4.69) is 0 Å². The smallest absolute Gasteiger partial charge is 0.201 e. The summed E-state index contributed by atoms with van der Waals surface area (Å²) in [6.45, 7) is 3.52. The third-order valence-electron chi connectivity index (χ3n) is 2.10. The van der Waals surface area contributed by atoms with Crippen LogP contribution in [-0.4, -0.2) is 0 Å². The van der Waals surface area contributed by atoms with Gasteiger partial charge in [-0.05, 0) is 18.1 Å². The van der Waals surface area contributed by atoms with E-state index in [4.69, 9.17) is 5.26 Å². The van der Waals surface area contributed by atoms with Crippen LogP contribution in [0.2, 0.25) is 0 Å². The van der Waals surface area contributed by atoms with Crippen molar-refractivity contribution in [3.05, 3.63) is 35.4 Å². The molecule has 1 nitrogen and oxygen atoms in total. The third-order valence-corrected chi connectivity index (χ3v) is 2.10. The summed E-state index contributed by atoms with van der Waals surface area (Å²) in [4.78, 5) is 0. The van der Waals surface area contributed by atoms with Gasteiger partial charge in [0.15, 0.2) is 0 Å². The van der Waals surface area contributed by atoms with Crippen molar-refractivity contribution >= 4 is 0 Å². The highest BCUT2D eigenvalue weighted by Gasteiger charge is 2.31. The Morgan fingerprint density at radius 2 is 1.80 bits per heavy atom. The van der Waals surface area contributed by atoms with Gasteiger partial charge in [-0.15, -0.1) is 0 Å². The quantitative estimate of drug-likeness (QED) is 0.744. The SMILES string of the molecule is CC(C)CC(F)(F)c1ccc(C#N)cc1. The summed E-state index contributed by atoms with van der Waals surface area (Å²) in [5, 5.41) is 8.54. The minimum atomic E-state index is -2.80. The van der Waals surface area contributed by atoms with Gasteiger partial charge in [-0.25, -0.2) is 8.78 Å². The van der Waals surface area contributed by atoms with Crippen molar-refractivity contribution in [1.29, 1.82) is 5.26 Å². The summed E-state index contributed by atoms with van der Waals surface area (Å²) in [7, 11) is 0.